The lowest BCUT2D eigenvalue weighted by molar-refractivity contribution is 1.14. The second kappa shape index (κ2) is 5.75. The fraction of sp³-hybridized carbons (Fsp3) is 0.100. The van der Waals surface area contributed by atoms with Crippen molar-refractivity contribution in [3.63, 3.8) is 0 Å². The van der Waals surface area contributed by atoms with Gasteiger partial charge in [0.15, 0.2) is 0 Å². The van der Waals surface area contributed by atoms with Crippen molar-refractivity contribution < 1.29 is 0 Å². The fourth-order valence-electron chi connectivity index (χ4n) is 2.52. The summed E-state index contributed by atoms with van der Waals surface area (Å²) in [6, 6.07) is 28.1. The first-order valence-electron chi connectivity index (χ1n) is 7.12. The van der Waals surface area contributed by atoms with Crippen LogP contribution in [0.1, 0.15) is 12.5 Å². The highest BCUT2D eigenvalue weighted by atomic mass is 14.1. The van der Waals surface area contributed by atoms with Gasteiger partial charge in [-0.25, -0.2) is 0 Å². The molecule has 0 fully saturated rings. The van der Waals surface area contributed by atoms with Crippen molar-refractivity contribution >= 4 is 0 Å². The fourth-order valence-corrected chi connectivity index (χ4v) is 2.52. The van der Waals surface area contributed by atoms with Crippen LogP contribution in [0.2, 0.25) is 0 Å². The second-order valence-electron chi connectivity index (χ2n) is 4.96. The first-order valence-corrected chi connectivity index (χ1v) is 7.12. The van der Waals surface area contributed by atoms with Gasteiger partial charge < -0.3 is 0 Å². The Morgan fingerprint density at radius 2 is 1.05 bits per heavy atom. The lowest BCUT2D eigenvalue weighted by atomic mass is 9.94. The zero-order valence-electron chi connectivity index (χ0n) is 11.7. The number of hydrogen-bond donors (Lipinski definition) is 0. The van der Waals surface area contributed by atoms with E-state index in [1.54, 1.807) is 0 Å². The van der Waals surface area contributed by atoms with Gasteiger partial charge in [0.2, 0.25) is 0 Å². The predicted octanol–water partition coefficient (Wildman–Crippen LogP) is 5.58. The van der Waals surface area contributed by atoms with Crippen LogP contribution in [0, 0.1) is 0 Å². The Morgan fingerprint density at radius 1 is 0.550 bits per heavy atom. The topological polar surface area (TPSA) is 0 Å². The molecular formula is C20H18. The van der Waals surface area contributed by atoms with Gasteiger partial charge in [-0.1, -0.05) is 85.8 Å². The smallest absolute Gasteiger partial charge is 0.0105 e. The molecule has 20 heavy (non-hydrogen) atoms. The summed E-state index contributed by atoms with van der Waals surface area (Å²) in [5, 5.41) is 0. The molecule has 0 aliphatic rings. The van der Waals surface area contributed by atoms with E-state index in [9.17, 15) is 0 Å². The Morgan fingerprint density at radius 3 is 1.60 bits per heavy atom. The van der Waals surface area contributed by atoms with Crippen LogP contribution >= 0.6 is 0 Å². The minimum Gasteiger partial charge on any atom is -0.0622 e. The summed E-state index contributed by atoms with van der Waals surface area (Å²) in [6.07, 6.45) is 1.08. The quantitative estimate of drug-likeness (QED) is 0.575. The molecule has 0 unspecified atom stereocenters. The van der Waals surface area contributed by atoms with Gasteiger partial charge in [0.1, 0.15) is 0 Å². The summed E-state index contributed by atoms with van der Waals surface area (Å²) in [5.41, 5.74) is 6.51. The number of benzene rings is 3. The van der Waals surface area contributed by atoms with Gasteiger partial charge in [-0.2, -0.15) is 0 Å². The van der Waals surface area contributed by atoms with Crippen LogP contribution in [0.4, 0.5) is 0 Å². The van der Waals surface area contributed by atoms with Crippen molar-refractivity contribution in [2.45, 2.75) is 13.3 Å². The van der Waals surface area contributed by atoms with E-state index in [2.05, 4.69) is 85.8 Å². The summed E-state index contributed by atoms with van der Waals surface area (Å²) in [7, 11) is 0. The Labute approximate surface area is 120 Å². The van der Waals surface area contributed by atoms with Crippen molar-refractivity contribution in [1.29, 1.82) is 0 Å². The highest BCUT2D eigenvalue weighted by molar-refractivity contribution is 5.83. The van der Waals surface area contributed by atoms with E-state index in [0.29, 0.717) is 0 Å². The Bertz CT molecular complexity index is 679. The first kappa shape index (κ1) is 12.7. The minimum absolute atomic E-state index is 1.08. The monoisotopic (exact) mass is 258 g/mol. The minimum atomic E-state index is 1.08. The molecule has 0 radical (unpaired) electrons. The number of aryl methyl sites for hydroxylation is 1. The average molecular weight is 258 g/mol. The Balaban J connectivity index is 2.10. The third kappa shape index (κ3) is 2.50. The molecule has 0 aliphatic carbocycles. The molecule has 0 atom stereocenters. The van der Waals surface area contributed by atoms with Crippen LogP contribution in [0.15, 0.2) is 78.9 Å². The molecule has 3 aromatic rings. The molecular weight excluding hydrogens is 240 g/mol. The number of rotatable bonds is 3. The van der Waals surface area contributed by atoms with Gasteiger partial charge in [-0.3, -0.25) is 0 Å². The predicted molar refractivity (Wildman–Crippen MR) is 86.7 cm³/mol. The van der Waals surface area contributed by atoms with Gasteiger partial charge in [0, 0.05) is 0 Å². The van der Waals surface area contributed by atoms with Crippen LogP contribution in [0.5, 0.6) is 0 Å². The van der Waals surface area contributed by atoms with Crippen LogP contribution in [0.25, 0.3) is 22.3 Å². The van der Waals surface area contributed by atoms with Crippen molar-refractivity contribution in [2.24, 2.45) is 0 Å². The summed E-state index contributed by atoms with van der Waals surface area (Å²) in [6.45, 7) is 2.19. The van der Waals surface area contributed by atoms with E-state index < -0.39 is 0 Å². The highest BCUT2D eigenvalue weighted by Gasteiger charge is 2.06. The Hall–Kier alpha value is -2.34. The molecule has 0 saturated carbocycles. The maximum absolute atomic E-state index is 2.22. The molecule has 0 amide bonds. The van der Waals surface area contributed by atoms with Crippen LogP contribution in [0.3, 0.4) is 0 Å². The van der Waals surface area contributed by atoms with Gasteiger partial charge in [-0.05, 0) is 34.2 Å². The summed E-state index contributed by atoms with van der Waals surface area (Å²) in [4.78, 5) is 0. The molecule has 3 aromatic carbocycles. The second-order valence-corrected chi connectivity index (χ2v) is 4.96. The lowest BCUT2D eigenvalue weighted by Gasteiger charge is -2.10. The van der Waals surface area contributed by atoms with E-state index in [-0.39, 0.29) is 0 Å². The zero-order valence-corrected chi connectivity index (χ0v) is 11.7. The molecule has 0 aromatic heterocycles. The van der Waals surface area contributed by atoms with E-state index in [0.717, 1.165) is 6.42 Å². The third-order valence-corrected chi connectivity index (χ3v) is 3.69. The third-order valence-electron chi connectivity index (χ3n) is 3.69. The molecule has 98 valence electrons. The van der Waals surface area contributed by atoms with Crippen molar-refractivity contribution in [3.8, 4) is 22.3 Å². The molecule has 0 saturated heterocycles. The summed E-state index contributed by atoms with van der Waals surface area (Å²) in [5.74, 6) is 0. The summed E-state index contributed by atoms with van der Waals surface area (Å²) < 4.78 is 0. The van der Waals surface area contributed by atoms with Crippen molar-refractivity contribution in [3.05, 3.63) is 84.4 Å². The molecule has 0 heterocycles. The van der Waals surface area contributed by atoms with Gasteiger partial charge in [0.25, 0.3) is 0 Å². The van der Waals surface area contributed by atoms with Crippen LogP contribution < -0.4 is 0 Å². The first-order chi connectivity index (χ1) is 9.88. The lowest BCUT2D eigenvalue weighted by Crippen LogP contribution is -1.86. The standard InChI is InChI=1S/C20H18/c1-2-16-12-14-18(15-13-16)20-11-7-6-10-19(20)17-8-4-3-5-9-17/h3-15H,2H2,1H3. The van der Waals surface area contributed by atoms with Crippen molar-refractivity contribution in [2.75, 3.05) is 0 Å². The maximum Gasteiger partial charge on any atom is -0.0105 e. The Kier molecular flexibility index (Phi) is 3.64. The van der Waals surface area contributed by atoms with E-state index in [1.165, 1.54) is 27.8 Å². The molecule has 0 bridgehead atoms. The van der Waals surface area contributed by atoms with Gasteiger partial charge in [-0.15, -0.1) is 0 Å². The van der Waals surface area contributed by atoms with Gasteiger partial charge in [0.05, 0.1) is 0 Å². The highest BCUT2D eigenvalue weighted by Crippen LogP contribution is 2.31. The van der Waals surface area contributed by atoms with E-state index >= 15 is 0 Å². The SMILES string of the molecule is CCc1ccc(-c2ccccc2-c2ccccc2)cc1. The number of hydrogen-bond acceptors (Lipinski definition) is 0. The average Bonchev–Trinajstić information content (AvgIpc) is 2.56. The van der Waals surface area contributed by atoms with Crippen molar-refractivity contribution in [1.82, 2.24) is 0 Å². The largest absolute Gasteiger partial charge is 0.0622 e. The normalized spacial score (nSPS) is 10.4. The van der Waals surface area contributed by atoms with Crippen LogP contribution in [-0.2, 0) is 6.42 Å². The zero-order chi connectivity index (χ0) is 13.8. The molecule has 0 N–H and O–H groups in total. The summed E-state index contributed by atoms with van der Waals surface area (Å²) >= 11 is 0. The molecule has 0 spiro atoms. The van der Waals surface area contributed by atoms with E-state index in [1.807, 2.05) is 0 Å². The van der Waals surface area contributed by atoms with Crippen LogP contribution in [-0.4, -0.2) is 0 Å². The van der Waals surface area contributed by atoms with Gasteiger partial charge >= 0.3 is 0 Å². The maximum atomic E-state index is 2.22. The molecule has 0 heteroatoms. The van der Waals surface area contributed by atoms with E-state index in [4.69, 9.17) is 0 Å². The molecule has 0 aliphatic heterocycles. The molecule has 0 nitrogen and oxygen atoms in total. The molecule has 3 rings (SSSR count).